The molecule has 2 rings (SSSR count). The third-order valence-corrected chi connectivity index (χ3v) is 4.20. The highest BCUT2D eigenvalue weighted by Crippen LogP contribution is 2.16. The number of carbonyl (C=O) groups is 2. The summed E-state index contributed by atoms with van der Waals surface area (Å²) in [5.74, 6) is 0.383. The number of nitrogens with zero attached hydrogens (tertiary/aromatic N) is 3. The van der Waals surface area contributed by atoms with Crippen LogP contribution in [0.25, 0.3) is 0 Å². The predicted octanol–water partition coefficient (Wildman–Crippen LogP) is 1.13. The summed E-state index contributed by atoms with van der Waals surface area (Å²) in [6, 6.07) is 0.182. The largest absolute Gasteiger partial charge is 0.450 e. The minimum atomic E-state index is -0.492. The van der Waals surface area contributed by atoms with Crippen LogP contribution in [0.4, 0.5) is 9.59 Å². The number of nitrogens with one attached hydrogen (secondary N) is 1. The smallest absolute Gasteiger partial charge is 0.410 e. The number of ether oxygens (including phenoxy) is 2. The topological polar surface area (TPSA) is 109 Å². The Balaban J connectivity index is 1.69. The molecule has 0 atom stereocenters. The van der Waals surface area contributed by atoms with Crippen molar-refractivity contribution in [3.8, 4) is 0 Å². The summed E-state index contributed by atoms with van der Waals surface area (Å²) >= 11 is 0. The molecule has 0 radical (unpaired) electrons. The van der Waals surface area contributed by atoms with E-state index in [1.54, 1.807) is 16.7 Å². The van der Waals surface area contributed by atoms with Gasteiger partial charge in [-0.25, -0.2) is 14.6 Å². The monoisotopic (exact) mass is 369 g/mol. The number of likely N-dealkylation sites (tertiary alicyclic amines) is 2. The van der Waals surface area contributed by atoms with Gasteiger partial charge in [-0.2, -0.15) is 0 Å². The SMILES string of the molecule is CCOC(=O)N1CCC(N=C(N)NC2CN(C(=O)OC(C)(C)C)C2)CC1. The molecule has 2 fully saturated rings. The van der Waals surface area contributed by atoms with Crippen LogP contribution in [-0.4, -0.2) is 78.4 Å². The summed E-state index contributed by atoms with van der Waals surface area (Å²) in [6.45, 7) is 10.1. The van der Waals surface area contributed by atoms with Crippen molar-refractivity contribution in [3.05, 3.63) is 0 Å². The van der Waals surface area contributed by atoms with Gasteiger partial charge in [0.25, 0.3) is 0 Å². The van der Waals surface area contributed by atoms with Gasteiger partial charge >= 0.3 is 12.2 Å². The van der Waals surface area contributed by atoms with E-state index >= 15 is 0 Å². The normalized spacial score (nSPS) is 19.8. The highest BCUT2D eigenvalue weighted by Gasteiger charge is 2.34. The summed E-state index contributed by atoms with van der Waals surface area (Å²) in [5, 5.41) is 3.14. The van der Waals surface area contributed by atoms with Crippen LogP contribution in [0.3, 0.4) is 0 Å². The molecule has 0 saturated carbocycles. The first-order valence-corrected chi connectivity index (χ1v) is 9.17. The van der Waals surface area contributed by atoms with E-state index in [4.69, 9.17) is 15.2 Å². The second-order valence-corrected chi connectivity index (χ2v) is 7.66. The lowest BCUT2D eigenvalue weighted by molar-refractivity contribution is 0.00703. The molecule has 0 aliphatic carbocycles. The summed E-state index contributed by atoms with van der Waals surface area (Å²) < 4.78 is 10.3. The molecular formula is C17H31N5O4. The third-order valence-electron chi connectivity index (χ3n) is 4.20. The average Bonchev–Trinajstić information content (AvgIpc) is 2.49. The standard InChI is InChI=1S/C17H31N5O4/c1-5-25-15(23)21-8-6-12(7-9-21)19-14(18)20-13-10-22(11-13)16(24)26-17(2,3)4/h12-13H,5-11H2,1-4H3,(H3,18,19,20). The fraction of sp³-hybridized carbons (Fsp3) is 0.824. The molecule has 9 heteroatoms. The molecule has 2 aliphatic heterocycles. The Hall–Kier alpha value is -2.19. The van der Waals surface area contributed by atoms with Crippen LogP contribution >= 0.6 is 0 Å². The van der Waals surface area contributed by atoms with E-state index < -0.39 is 5.60 Å². The second kappa shape index (κ2) is 8.46. The van der Waals surface area contributed by atoms with Crippen LogP contribution < -0.4 is 11.1 Å². The molecule has 0 aromatic heterocycles. The van der Waals surface area contributed by atoms with E-state index in [9.17, 15) is 9.59 Å². The maximum Gasteiger partial charge on any atom is 0.410 e. The molecule has 2 heterocycles. The van der Waals surface area contributed by atoms with Crippen molar-refractivity contribution in [1.29, 1.82) is 0 Å². The van der Waals surface area contributed by atoms with Gasteiger partial charge in [0, 0.05) is 26.2 Å². The van der Waals surface area contributed by atoms with Gasteiger partial charge in [-0.15, -0.1) is 0 Å². The second-order valence-electron chi connectivity index (χ2n) is 7.66. The van der Waals surface area contributed by atoms with Gasteiger partial charge < -0.3 is 30.3 Å². The molecule has 3 N–H and O–H groups in total. The number of piperidine rings is 1. The Morgan fingerprint density at radius 1 is 1.15 bits per heavy atom. The first-order valence-electron chi connectivity index (χ1n) is 9.17. The third kappa shape index (κ3) is 5.96. The quantitative estimate of drug-likeness (QED) is 0.570. The van der Waals surface area contributed by atoms with E-state index in [-0.39, 0.29) is 24.3 Å². The number of hydrogen-bond donors (Lipinski definition) is 2. The minimum Gasteiger partial charge on any atom is -0.450 e. The molecule has 148 valence electrons. The molecule has 0 unspecified atom stereocenters. The molecule has 0 aromatic carbocycles. The van der Waals surface area contributed by atoms with Crippen LogP contribution in [0, 0.1) is 0 Å². The average molecular weight is 369 g/mol. The van der Waals surface area contributed by atoms with Gasteiger partial charge in [-0.1, -0.05) is 0 Å². The van der Waals surface area contributed by atoms with Crippen molar-refractivity contribution in [2.45, 2.75) is 58.2 Å². The van der Waals surface area contributed by atoms with Crippen molar-refractivity contribution in [2.75, 3.05) is 32.8 Å². The highest BCUT2D eigenvalue weighted by molar-refractivity contribution is 5.79. The van der Waals surface area contributed by atoms with Gasteiger partial charge in [-0.3, -0.25) is 0 Å². The molecule has 0 spiro atoms. The molecule has 2 saturated heterocycles. The molecule has 0 bridgehead atoms. The van der Waals surface area contributed by atoms with E-state index in [2.05, 4.69) is 10.3 Å². The van der Waals surface area contributed by atoms with E-state index in [1.807, 2.05) is 20.8 Å². The Kier molecular flexibility index (Phi) is 6.55. The molecule has 2 aliphatic rings. The summed E-state index contributed by atoms with van der Waals surface area (Å²) in [4.78, 5) is 31.4. The molecule has 2 amide bonds. The maximum atomic E-state index is 11.9. The summed E-state index contributed by atoms with van der Waals surface area (Å²) in [5.41, 5.74) is 5.49. The first kappa shape index (κ1) is 20.1. The number of amides is 2. The molecular weight excluding hydrogens is 338 g/mol. The zero-order chi connectivity index (χ0) is 19.3. The fourth-order valence-corrected chi connectivity index (χ4v) is 2.88. The van der Waals surface area contributed by atoms with Gasteiger partial charge in [0.05, 0.1) is 18.7 Å². The van der Waals surface area contributed by atoms with Gasteiger partial charge in [0.2, 0.25) is 0 Å². The number of carbonyl (C=O) groups excluding carboxylic acids is 2. The van der Waals surface area contributed by atoms with Crippen LogP contribution in [-0.2, 0) is 9.47 Å². The Morgan fingerprint density at radius 2 is 1.77 bits per heavy atom. The van der Waals surface area contributed by atoms with Crippen LogP contribution in [0.1, 0.15) is 40.5 Å². The maximum absolute atomic E-state index is 11.9. The molecule has 0 aromatic rings. The Bertz CT molecular complexity index is 532. The lowest BCUT2D eigenvalue weighted by atomic mass is 10.1. The fourth-order valence-electron chi connectivity index (χ4n) is 2.88. The summed E-state index contributed by atoms with van der Waals surface area (Å²) in [7, 11) is 0. The first-order chi connectivity index (χ1) is 12.2. The van der Waals surface area contributed by atoms with Crippen LogP contribution in [0.5, 0.6) is 0 Å². The van der Waals surface area contributed by atoms with Crippen molar-refractivity contribution in [1.82, 2.24) is 15.1 Å². The number of nitrogens with two attached hydrogens (primary N) is 1. The van der Waals surface area contributed by atoms with Crippen molar-refractivity contribution < 1.29 is 19.1 Å². The van der Waals surface area contributed by atoms with Gasteiger partial charge in [0.15, 0.2) is 5.96 Å². The van der Waals surface area contributed by atoms with Gasteiger partial charge in [-0.05, 0) is 40.5 Å². The lowest BCUT2D eigenvalue weighted by Gasteiger charge is -2.40. The number of aliphatic imine (C=N–C) groups is 1. The predicted molar refractivity (Wildman–Crippen MR) is 98.0 cm³/mol. The Labute approximate surface area is 154 Å². The van der Waals surface area contributed by atoms with Crippen LogP contribution in [0.15, 0.2) is 4.99 Å². The minimum absolute atomic E-state index is 0.0888. The van der Waals surface area contributed by atoms with Crippen molar-refractivity contribution in [2.24, 2.45) is 10.7 Å². The van der Waals surface area contributed by atoms with Crippen molar-refractivity contribution in [3.63, 3.8) is 0 Å². The number of guanidine groups is 1. The zero-order valence-corrected chi connectivity index (χ0v) is 16.2. The van der Waals surface area contributed by atoms with Gasteiger partial charge in [0.1, 0.15) is 5.60 Å². The van der Waals surface area contributed by atoms with E-state index in [1.165, 1.54) is 0 Å². The molecule has 26 heavy (non-hydrogen) atoms. The molecule has 9 nitrogen and oxygen atoms in total. The summed E-state index contributed by atoms with van der Waals surface area (Å²) in [6.07, 6.45) is 0.946. The Morgan fingerprint density at radius 3 is 2.31 bits per heavy atom. The number of hydrogen-bond acceptors (Lipinski definition) is 5. The highest BCUT2D eigenvalue weighted by atomic mass is 16.6. The lowest BCUT2D eigenvalue weighted by Crippen LogP contribution is -2.62. The van der Waals surface area contributed by atoms with Crippen LogP contribution in [0.2, 0.25) is 0 Å². The van der Waals surface area contributed by atoms with E-state index in [0.717, 1.165) is 12.8 Å². The van der Waals surface area contributed by atoms with E-state index in [0.29, 0.717) is 38.7 Å². The van der Waals surface area contributed by atoms with Crippen molar-refractivity contribution >= 4 is 18.1 Å². The zero-order valence-electron chi connectivity index (χ0n) is 16.2. The number of rotatable bonds is 3.